The van der Waals surface area contributed by atoms with E-state index in [0.717, 1.165) is 21.2 Å². The molecule has 1 unspecified atom stereocenters. The summed E-state index contributed by atoms with van der Waals surface area (Å²) in [6.45, 7) is 5.61. The average Bonchev–Trinajstić information content (AvgIpc) is 3.13. The number of carbonyl (C=O) groups excluding carboxylic acids is 1. The van der Waals surface area contributed by atoms with Gasteiger partial charge >= 0.3 is 0 Å². The van der Waals surface area contributed by atoms with Crippen molar-refractivity contribution < 1.29 is 13.9 Å². The number of nitrogens with one attached hydrogen (secondary N) is 1. The normalized spacial score (nSPS) is 11.8. The number of rotatable bonds is 5. The highest BCUT2D eigenvalue weighted by atomic mass is 79.9. The molecule has 3 rings (SSSR count). The van der Waals surface area contributed by atoms with E-state index >= 15 is 0 Å². The first kappa shape index (κ1) is 18.1. The van der Waals surface area contributed by atoms with Gasteiger partial charge in [0.1, 0.15) is 5.75 Å². The maximum atomic E-state index is 12.5. The van der Waals surface area contributed by atoms with E-state index in [1.54, 1.807) is 13.0 Å². The van der Waals surface area contributed by atoms with Crippen LogP contribution in [-0.2, 0) is 4.79 Å². The monoisotopic (exact) mass is 415 g/mol. The van der Waals surface area contributed by atoms with Crippen LogP contribution >= 0.6 is 15.9 Å². The predicted molar refractivity (Wildman–Crippen MR) is 102 cm³/mol. The smallest absolute Gasteiger partial charge is 0.265 e. The van der Waals surface area contributed by atoms with Crippen LogP contribution in [0, 0.1) is 13.8 Å². The summed E-state index contributed by atoms with van der Waals surface area (Å²) in [6, 6.07) is 11.3. The largest absolute Gasteiger partial charge is 0.480 e. The van der Waals surface area contributed by atoms with Gasteiger partial charge in [0.15, 0.2) is 6.10 Å². The molecule has 0 aliphatic carbocycles. The van der Waals surface area contributed by atoms with Crippen LogP contribution in [0.5, 0.6) is 5.75 Å². The summed E-state index contributed by atoms with van der Waals surface area (Å²) in [7, 11) is 0. The second-order valence-corrected chi connectivity index (χ2v) is 6.81. The molecule has 7 heteroatoms. The predicted octanol–water partition coefficient (Wildman–Crippen LogP) is 4.52. The molecule has 0 spiro atoms. The van der Waals surface area contributed by atoms with Crippen LogP contribution in [0.3, 0.4) is 0 Å². The summed E-state index contributed by atoms with van der Waals surface area (Å²) in [6.07, 6.45) is 0.600. The molecule has 1 amide bonds. The molecule has 0 aliphatic rings. The fourth-order valence-corrected chi connectivity index (χ4v) is 2.96. The lowest BCUT2D eigenvalue weighted by Crippen LogP contribution is -2.30. The number of anilines is 1. The summed E-state index contributed by atoms with van der Waals surface area (Å²) < 4.78 is 11.8. The molecule has 0 radical (unpaired) electrons. The molecule has 3 aromatic rings. The van der Waals surface area contributed by atoms with Crippen molar-refractivity contribution in [2.24, 2.45) is 0 Å². The molecule has 0 saturated carbocycles. The molecule has 0 bridgehead atoms. The topological polar surface area (TPSA) is 77.2 Å². The van der Waals surface area contributed by atoms with Crippen molar-refractivity contribution in [1.29, 1.82) is 0 Å². The highest BCUT2D eigenvalue weighted by Crippen LogP contribution is 2.27. The van der Waals surface area contributed by atoms with Crippen LogP contribution in [0.4, 0.5) is 5.69 Å². The molecular weight excluding hydrogens is 398 g/mol. The number of benzene rings is 2. The third kappa shape index (κ3) is 4.11. The Kier molecular flexibility index (Phi) is 5.37. The Hall–Kier alpha value is -2.67. The highest BCUT2D eigenvalue weighted by Gasteiger charge is 2.18. The van der Waals surface area contributed by atoms with E-state index in [-0.39, 0.29) is 5.91 Å². The summed E-state index contributed by atoms with van der Waals surface area (Å²) in [4.78, 5) is 12.5. The highest BCUT2D eigenvalue weighted by molar-refractivity contribution is 9.10. The molecule has 6 nitrogen and oxygen atoms in total. The van der Waals surface area contributed by atoms with E-state index in [1.165, 1.54) is 6.39 Å². The van der Waals surface area contributed by atoms with E-state index in [0.29, 0.717) is 17.3 Å². The molecule has 1 heterocycles. The molecule has 2 aromatic carbocycles. The van der Waals surface area contributed by atoms with Crippen LogP contribution in [0.15, 0.2) is 51.7 Å². The number of aryl methyl sites for hydroxylation is 2. The SMILES string of the molecule is Cc1ccc(OC(C)C(=O)Nc2cc(-c3nnco3)ccc2C)c(Br)c1. The molecular formula is C19H18BrN3O3. The van der Waals surface area contributed by atoms with Crippen LogP contribution in [0.2, 0.25) is 0 Å². The van der Waals surface area contributed by atoms with Crippen LogP contribution in [0.25, 0.3) is 11.5 Å². The molecule has 0 aliphatic heterocycles. The van der Waals surface area contributed by atoms with Gasteiger partial charge in [0.05, 0.1) is 4.47 Å². The quantitative estimate of drug-likeness (QED) is 0.662. The first-order valence-corrected chi connectivity index (χ1v) is 8.84. The Morgan fingerprint density at radius 3 is 2.73 bits per heavy atom. The lowest BCUT2D eigenvalue weighted by molar-refractivity contribution is -0.122. The minimum absolute atomic E-state index is 0.247. The Morgan fingerprint density at radius 2 is 2.04 bits per heavy atom. The van der Waals surface area contributed by atoms with Gasteiger partial charge < -0.3 is 14.5 Å². The lowest BCUT2D eigenvalue weighted by atomic mass is 10.1. The molecule has 26 heavy (non-hydrogen) atoms. The van der Waals surface area contributed by atoms with Crippen molar-refractivity contribution in [2.75, 3.05) is 5.32 Å². The lowest BCUT2D eigenvalue weighted by Gasteiger charge is -2.17. The fraction of sp³-hybridized carbons (Fsp3) is 0.211. The van der Waals surface area contributed by atoms with Crippen molar-refractivity contribution >= 4 is 27.5 Å². The summed E-state index contributed by atoms with van der Waals surface area (Å²) in [5.41, 5.74) is 3.43. The first-order valence-electron chi connectivity index (χ1n) is 8.05. The maximum Gasteiger partial charge on any atom is 0.265 e. The van der Waals surface area contributed by atoms with Crippen LogP contribution < -0.4 is 10.1 Å². The molecule has 134 valence electrons. The van der Waals surface area contributed by atoms with Gasteiger partial charge in [-0.25, -0.2) is 0 Å². The Labute approximate surface area is 159 Å². The zero-order valence-corrected chi connectivity index (χ0v) is 16.2. The summed E-state index contributed by atoms with van der Waals surface area (Å²) in [5, 5.41) is 10.5. The Balaban J connectivity index is 1.73. The fourth-order valence-electron chi connectivity index (χ4n) is 2.37. The van der Waals surface area contributed by atoms with Gasteiger partial charge in [-0.3, -0.25) is 4.79 Å². The molecule has 0 saturated heterocycles. The average molecular weight is 416 g/mol. The van der Waals surface area contributed by atoms with Crippen molar-refractivity contribution in [3.63, 3.8) is 0 Å². The van der Waals surface area contributed by atoms with E-state index in [9.17, 15) is 4.79 Å². The number of nitrogens with zero attached hydrogens (tertiary/aromatic N) is 2. The zero-order chi connectivity index (χ0) is 18.7. The number of aromatic nitrogens is 2. The third-order valence-electron chi connectivity index (χ3n) is 3.86. The molecule has 1 N–H and O–H groups in total. The molecule has 1 atom stereocenters. The van der Waals surface area contributed by atoms with Crippen molar-refractivity contribution in [3.05, 3.63) is 58.4 Å². The number of carbonyl (C=O) groups is 1. The standard InChI is InChI=1S/C19H18BrN3O3/c1-11-4-7-17(15(20)8-11)26-13(3)18(24)22-16-9-14(6-5-12(16)2)19-23-21-10-25-19/h4-10,13H,1-3H3,(H,22,24). The Morgan fingerprint density at radius 1 is 1.23 bits per heavy atom. The van der Waals surface area contributed by atoms with Gasteiger partial charge in [-0.15, -0.1) is 10.2 Å². The van der Waals surface area contributed by atoms with Gasteiger partial charge in [-0.2, -0.15) is 0 Å². The summed E-state index contributed by atoms with van der Waals surface area (Å²) in [5.74, 6) is 0.770. The Bertz CT molecular complexity index is 926. The number of ether oxygens (including phenoxy) is 1. The molecule has 0 fully saturated rings. The van der Waals surface area contributed by atoms with E-state index in [1.807, 2.05) is 44.2 Å². The van der Waals surface area contributed by atoms with Crippen LogP contribution in [-0.4, -0.2) is 22.2 Å². The van der Waals surface area contributed by atoms with Crippen molar-refractivity contribution in [3.8, 4) is 17.2 Å². The molecule has 1 aromatic heterocycles. The third-order valence-corrected chi connectivity index (χ3v) is 4.48. The number of hydrogen-bond donors (Lipinski definition) is 1. The van der Waals surface area contributed by atoms with E-state index in [2.05, 4.69) is 31.4 Å². The minimum Gasteiger partial charge on any atom is -0.480 e. The van der Waals surface area contributed by atoms with Gasteiger partial charge in [-0.1, -0.05) is 12.1 Å². The first-order chi connectivity index (χ1) is 12.4. The van der Waals surface area contributed by atoms with Gasteiger partial charge in [0.2, 0.25) is 12.3 Å². The van der Waals surface area contributed by atoms with Gasteiger partial charge in [0.25, 0.3) is 5.91 Å². The van der Waals surface area contributed by atoms with Gasteiger partial charge in [0, 0.05) is 11.3 Å². The van der Waals surface area contributed by atoms with Crippen molar-refractivity contribution in [2.45, 2.75) is 26.9 Å². The van der Waals surface area contributed by atoms with E-state index in [4.69, 9.17) is 9.15 Å². The number of amides is 1. The maximum absolute atomic E-state index is 12.5. The second-order valence-electron chi connectivity index (χ2n) is 5.96. The van der Waals surface area contributed by atoms with Gasteiger partial charge in [-0.05, 0) is 72.1 Å². The summed E-state index contributed by atoms with van der Waals surface area (Å²) >= 11 is 3.45. The number of hydrogen-bond acceptors (Lipinski definition) is 5. The zero-order valence-electron chi connectivity index (χ0n) is 14.6. The van der Waals surface area contributed by atoms with E-state index < -0.39 is 6.10 Å². The van der Waals surface area contributed by atoms with Crippen molar-refractivity contribution in [1.82, 2.24) is 10.2 Å². The van der Waals surface area contributed by atoms with Crippen LogP contribution in [0.1, 0.15) is 18.1 Å². The minimum atomic E-state index is -0.666. The number of halogens is 1. The second kappa shape index (κ2) is 7.70.